The monoisotopic (exact) mass is 332 g/mol. The average Bonchev–Trinajstić information content (AvgIpc) is 3.20. The van der Waals surface area contributed by atoms with Gasteiger partial charge in [0, 0.05) is 62.0 Å². The molecule has 1 fully saturated rings. The largest absolute Gasteiger partial charge is 0.354 e. The van der Waals surface area contributed by atoms with Gasteiger partial charge in [0.15, 0.2) is 5.13 Å². The first-order valence-corrected chi connectivity index (χ1v) is 9.06. The minimum atomic E-state index is 0.127. The molecule has 1 N–H and O–H groups in total. The molecule has 2 aromatic heterocycles. The van der Waals surface area contributed by atoms with E-state index in [1.165, 1.54) is 5.69 Å². The molecule has 5 nitrogen and oxygen atoms in total. The number of carbonyl (C=O) groups is 1. The third-order valence-corrected chi connectivity index (χ3v) is 5.34. The first-order valence-electron chi connectivity index (χ1n) is 8.18. The van der Waals surface area contributed by atoms with Gasteiger partial charge >= 0.3 is 0 Å². The van der Waals surface area contributed by atoms with Crippen LogP contribution in [0, 0.1) is 5.92 Å². The zero-order chi connectivity index (χ0) is 16.2. The Morgan fingerprint density at radius 3 is 2.87 bits per heavy atom. The number of aryl methyl sites for hydroxylation is 1. The molecular formula is C17H24N4OS. The van der Waals surface area contributed by atoms with Crippen LogP contribution in [0.3, 0.4) is 0 Å². The van der Waals surface area contributed by atoms with Crippen molar-refractivity contribution in [1.82, 2.24) is 14.9 Å². The molecule has 1 saturated heterocycles. The van der Waals surface area contributed by atoms with Crippen molar-refractivity contribution in [3.63, 3.8) is 0 Å². The maximum atomic E-state index is 12.5. The SMILES string of the molecule is CC(Cc1cccn1C)NC(=O)C1CCN(c2nccs2)CC1. The van der Waals surface area contributed by atoms with Gasteiger partial charge in [0.2, 0.25) is 5.91 Å². The predicted molar refractivity (Wildman–Crippen MR) is 93.8 cm³/mol. The molecule has 124 valence electrons. The normalized spacial score (nSPS) is 17.2. The fourth-order valence-corrected chi connectivity index (χ4v) is 3.84. The molecule has 23 heavy (non-hydrogen) atoms. The number of nitrogens with one attached hydrogen (secondary N) is 1. The van der Waals surface area contributed by atoms with E-state index in [0.29, 0.717) is 0 Å². The van der Waals surface area contributed by atoms with Gasteiger partial charge in [0.1, 0.15) is 0 Å². The fraction of sp³-hybridized carbons (Fsp3) is 0.529. The third kappa shape index (κ3) is 3.93. The molecule has 0 radical (unpaired) electrons. The zero-order valence-corrected chi connectivity index (χ0v) is 14.6. The summed E-state index contributed by atoms with van der Waals surface area (Å²) < 4.78 is 2.11. The van der Waals surface area contributed by atoms with Crippen LogP contribution in [0.15, 0.2) is 29.9 Å². The van der Waals surface area contributed by atoms with Gasteiger partial charge in [0.05, 0.1) is 0 Å². The van der Waals surface area contributed by atoms with Crippen molar-refractivity contribution in [2.75, 3.05) is 18.0 Å². The lowest BCUT2D eigenvalue weighted by molar-refractivity contribution is -0.126. The Bertz CT molecular complexity index is 629. The molecular weight excluding hydrogens is 308 g/mol. The lowest BCUT2D eigenvalue weighted by atomic mass is 9.95. The second-order valence-electron chi connectivity index (χ2n) is 6.30. The standard InChI is InChI=1S/C17H24N4OS/c1-13(12-15-4-3-8-20(15)2)19-16(22)14-5-9-21(10-6-14)17-18-7-11-23-17/h3-4,7-8,11,13-14H,5-6,9-10,12H2,1-2H3,(H,19,22). The average molecular weight is 332 g/mol. The summed E-state index contributed by atoms with van der Waals surface area (Å²) >= 11 is 1.67. The molecule has 2 aromatic rings. The van der Waals surface area contributed by atoms with Gasteiger partial charge in [-0.25, -0.2) is 4.98 Å². The van der Waals surface area contributed by atoms with Gasteiger partial charge in [-0.15, -0.1) is 11.3 Å². The van der Waals surface area contributed by atoms with Crippen LogP contribution in [0.5, 0.6) is 0 Å². The summed E-state index contributed by atoms with van der Waals surface area (Å²) in [6.45, 7) is 3.91. The molecule has 3 heterocycles. The number of anilines is 1. The lowest BCUT2D eigenvalue weighted by Gasteiger charge is -2.31. The van der Waals surface area contributed by atoms with Crippen molar-refractivity contribution in [2.24, 2.45) is 13.0 Å². The Balaban J connectivity index is 1.47. The Hall–Kier alpha value is -1.82. The van der Waals surface area contributed by atoms with Crippen LogP contribution < -0.4 is 10.2 Å². The van der Waals surface area contributed by atoms with Crippen LogP contribution in [0.2, 0.25) is 0 Å². The van der Waals surface area contributed by atoms with Crippen LogP contribution in [-0.2, 0) is 18.3 Å². The second-order valence-corrected chi connectivity index (χ2v) is 7.17. The number of hydrogen-bond donors (Lipinski definition) is 1. The minimum absolute atomic E-state index is 0.127. The fourth-order valence-electron chi connectivity index (χ4n) is 3.14. The first kappa shape index (κ1) is 16.1. The number of piperidine rings is 1. The van der Waals surface area contributed by atoms with Gasteiger partial charge in [-0.2, -0.15) is 0 Å². The van der Waals surface area contributed by atoms with Crippen molar-refractivity contribution < 1.29 is 4.79 Å². The van der Waals surface area contributed by atoms with Gasteiger partial charge in [-0.1, -0.05) is 0 Å². The number of nitrogens with zero attached hydrogens (tertiary/aromatic N) is 3. The van der Waals surface area contributed by atoms with E-state index in [9.17, 15) is 4.79 Å². The zero-order valence-electron chi connectivity index (χ0n) is 13.7. The molecule has 1 aliphatic rings. The van der Waals surface area contributed by atoms with E-state index in [2.05, 4.69) is 32.8 Å². The highest BCUT2D eigenvalue weighted by atomic mass is 32.1. The number of aromatic nitrogens is 2. The number of amides is 1. The van der Waals surface area contributed by atoms with Gasteiger partial charge in [0.25, 0.3) is 0 Å². The van der Waals surface area contributed by atoms with Crippen LogP contribution in [0.4, 0.5) is 5.13 Å². The number of thiazole rings is 1. The molecule has 1 aliphatic heterocycles. The van der Waals surface area contributed by atoms with Crippen molar-refractivity contribution in [3.8, 4) is 0 Å². The third-order valence-electron chi connectivity index (χ3n) is 4.51. The van der Waals surface area contributed by atoms with E-state index in [0.717, 1.165) is 37.5 Å². The van der Waals surface area contributed by atoms with Crippen molar-refractivity contribution >= 4 is 22.4 Å². The summed E-state index contributed by atoms with van der Waals surface area (Å²) in [4.78, 5) is 19.1. The number of carbonyl (C=O) groups excluding carboxylic acids is 1. The minimum Gasteiger partial charge on any atom is -0.354 e. The Morgan fingerprint density at radius 1 is 1.48 bits per heavy atom. The summed E-state index contributed by atoms with van der Waals surface area (Å²) in [5.41, 5.74) is 1.25. The first-order chi connectivity index (χ1) is 11.1. The van der Waals surface area contributed by atoms with E-state index < -0.39 is 0 Å². The van der Waals surface area contributed by atoms with Gasteiger partial charge in [-0.3, -0.25) is 4.79 Å². The van der Waals surface area contributed by atoms with Crippen molar-refractivity contribution in [3.05, 3.63) is 35.6 Å². The van der Waals surface area contributed by atoms with Crippen LogP contribution in [-0.4, -0.2) is 34.6 Å². The molecule has 0 aliphatic carbocycles. The van der Waals surface area contributed by atoms with Crippen molar-refractivity contribution in [2.45, 2.75) is 32.2 Å². The maximum absolute atomic E-state index is 12.5. The van der Waals surface area contributed by atoms with E-state index in [-0.39, 0.29) is 17.9 Å². The quantitative estimate of drug-likeness (QED) is 0.915. The van der Waals surface area contributed by atoms with E-state index >= 15 is 0 Å². The molecule has 1 atom stereocenters. The number of hydrogen-bond acceptors (Lipinski definition) is 4. The molecule has 0 spiro atoms. The topological polar surface area (TPSA) is 50.2 Å². The highest BCUT2D eigenvalue weighted by Crippen LogP contribution is 2.25. The lowest BCUT2D eigenvalue weighted by Crippen LogP contribution is -2.43. The molecule has 3 rings (SSSR count). The Morgan fingerprint density at radius 2 is 2.26 bits per heavy atom. The summed E-state index contributed by atoms with van der Waals surface area (Å²) in [5, 5.41) is 6.25. The Kier molecular flexibility index (Phi) is 5.00. The molecule has 6 heteroatoms. The number of rotatable bonds is 5. The molecule has 0 bridgehead atoms. The summed E-state index contributed by atoms with van der Waals surface area (Å²) in [5.74, 6) is 0.326. The predicted octanol–water partition coefficient (Wildman–Crippen LogP) is 2.45. The van der Waals surface area contributed by atoms with E-state index in [4.69, 9.17) is 0 Å². The van der Waals surface area contributed by atoms with Gasteiger partial charge < -0.3 is 14.8 Å². The smallest absolute Gasteiger partial charge is 0.223 e. The summed E-state index contributed by atoms with van der Waals surface area (Å²) in [6.07, 6.45) is 6.56. The van der Waals surface area contributed by atoms with Crippen LogP contribution >= 0.6 is 11.3 Å². The highest BCUT2D eigenvalue weighted by Gasteiger charge is 2.26. The molecule has 1 amide bonds. The van der Waals surface area contributed by atoms with Crippen LogP contribution in [0.1, 0.15) is 25.5 Å². The highest BCUT2D eigenvalue weighted by molar-refractivity contribution is 7.13. The molecule has 0 aromatic carbocycles. The van der Waals surface area contributed by atoms with Crippen molar-refractivity contribution in [1.29, 1.82) is 0 Å². The summed E-state index contributed by atoms with van der Waals surface area (Å²) in [7, 11) is 2.04. The van der Waals surface area contributed by atoms with Crippen LogP contribution in [0.25, 0.3) is 0 Å². The maximum Gasteiger partial charge on any atom is 0.223 e. The second kappa shape index (κ2) is 7.17. The van der Waals surface area contributed by atoms with E-state index in [1.807, 2.05) is 30.9 Å². The Labute approximate surface area is 141 Å². The molecule has 1 unspecified atom stereocenters. The van der Waals surface area contributed by atoms with Gasteiger partial charge in [-0.05, 0) is 31.9 Å². The summed E-state index contributed by atoms with van der Waals surface area (Å²) in [6, 6.07) is 4.31. The molecule has 0 saturated carbocycles. The van der Waals surface area contributed by atoms with E-state index in [1.54, 1.807) is 11.3 Å².